The third-order valence-electron chi connectivity index (χ3n) is 9.24. The molecule has 0 radical (unpaired) electrons. The molecule has 0 saturated carbocycles. The maximum Gasteiger partial charge on any atom is 2.00 e. The van der Waals surface area contributed by atoms with Gasteiger partial charge in [-0.3, -0.25) is 0 Å². The molecular weight excluding hydrogens is 653 g/mol. The van der Waals surface area contributed by atoms with Gasteiger partial charge in [0.25, 0.3) is 0 Å². The second kappa shape index (κ2) is 19.6. The van der Waals surface area contributed by atoms with Crippen LogP contribution in [-0.2, 0) is 15.9 Å². The fourth-order valence-electron chi connectivity index (χ4n) is 6.61. The minimum Gasteiger partial charge on any atom is -0.839 e. The van der Waals surface area contributed by atoms with Crippen molar-refractivity contribution in [3.63, 3.8) is 0 Å². The second-order valence-corrected chi connectivity index (χ2v) is 13.2. The Morgan fingerprint density at radius 3 is 0.885 bits per heavy atom. The monoisotopic (exact) mass is 702 g/mol. The van der Waals surface area contributed by atoms with E-state index < -0.39 is 11.2 Å². The van der Waals surface area contributed by atoms with Crippen LogP contribution >= 0.6 is 0 Å². The van der Waals surface area contributed by atoms with E-state index in [1.807, 2.05) is 170 Å². The van der Waals surface area contributed by atoms with Gasteiger partial charge in [-0.25, -0.2) is 0 Å². The van der Waals surface area contributed by atoms with Crippen molar-refractivity contribution in [3.8, 4) is 0 Å². The Balaban J connectivity index is 0.000000201. The fourth-order valence-corrected chi connectivity index (χ4v) is 6.61. The molecule has 0 bridgehead atoms. The van der Waals surface area contributed by atoms with E-state index in [0.29, 0.717) is 0 Å². The summed E-state index contributed by atoms with van der Waals surface area (Å²) in [7, 11) is 8.20. The van der Waals surface area contributed by atoms with Gasteiger partial charge in [-0.2, -0.15) is 0 Å². The molecule has 1 aliphatic rings. The molecule has 0 amide bonds. The molecule has 262 valence electrons. The Hall–Kier alpha value is -4.11. The molecule has 7 rings (SSSR count). The Labute approximate surface area is 326 Å². The summed E-state index contributed by atoms with van der Waals surface area (Å²) >= 11 is 0. The van der Waals surface area contributed by atoms with E-state index >= 15 is 0 Å². The quantitative estimate of drug-likeness (QED) is 0.180. The number of hydrogen-bond donors (Lipinski definition) is 2. The Morgan fingerprint density at radius 2 is 0.654 bits per heavy atom. The molecule has 0 aliphatic carbocycles. The number of para-hydroxylation sites is 2. The van der Waals surface area contributed by atoms with Crippen LogP contribution in [0.25, 0.3) is 0 Å². The third kappa shape index (κ3) is 9.45. The van der Waals surface area contributed by atoms with E-state index in [9.17, 15) is 10.2 Å². The van der Waals surface area contributed by atoms with Crippen molar-refractivity contribution in [2.75, 3.05) is 41.4 Å². The summed E-state index contributed by atoms with van der Waals surface area (Å²) in [5.41, 5.74) is 3.87. The number of hydrogen-bond acceptors (Lipinski definition) is 3. The van der Waals surface area contributed by atoms with Crippen LogP contribution in [0.4, 0.5) is 11.4 Å². The van der Waals surface area contributed by atoms with E-state index in [-0.39, 0.29) is 23.1 Å². The first-order chi connectivity index (χ1) is 24.8. The summed E-state index contributed by atoms with van der Waals surface area (Å²) in [6, 6.07) is 54.4. The van der Waals surface area contributed by atoms with Crippen molar-refractivity contribution >= 4 is 34.4 Å². The molecule has 1 heterocycles. The minimum absolute atomic E-state index is 0. The molecular formula is C46H50MgN2O3+2. The SMILES string of the molecule is C1CCOC1.C[NH+](C)c1ccccc1C([O-])(c1ccccc1)c1ccccc1.C[NH+](C)c1ccccc1C([O-])(c1ccccc1)c1ccccc1.[Mg+2]. The van der Waals surface area contributed by atoms with Crippen LogP contribution in [0.3, 0.4) is 0 Å². The van der Waals surface area contributed by atoms with E-state index in [0.717, 1.165) is 67.8 Å². The second-order valence-electron chi connectivity index (χ2n) is 13.2. The predicted molar refractivity (Wildman–Crippen MR) is 209 cm³/mol. The van der Waals surface area contributed by atoms with Crippen molar-refractivity contribution in [2.24, 2.45) is 0 Å². The first-order valence-electron chi connectivity index (χ1n) is 17.8. The Bertz CT molecular complexity index is 1680. The molecule has 1 saturated heterocycles. The van der Waals surface area contributed by atoms with Crippen LogP contribution in [0.1, 0.15) is 46.2 Å². The Morgan fingerprint density at radius 1 is 0.404 bits per heavy atom. The van der Waals surface area contributed by atoms with Gasteiger partial charge in [0, 0.05) is 24.3 Å². The van der Waals surface area contributed by atoms with Crippen LogP contribution in [0, 0.1) is 0 Å². The molecule has 2 N–H and O–H groups in total. The smallest absolute Gasteiger partial charge is 0.839 e. The molecule has 52 heavy (non-hydrogen) atoms. The van der Waals surface area contributed by atoms with Gasteiger partial charge in [0.2, 0.25) is 0 Å². The zero-order valence-electron chi connectivity index (χ0n) is 30.9. The molecule has 5 nitrogen and oxygen atoms in total. The summed E-state index contributed by atoms with van der Waals surface area (Å²) in [5.74, 6) is 0. The normalized spacial score (nSPS) is 12.6. The summed E-state index contributed by atoms with van der Waals surface area (Å²) in [5, 5.41) is 28.4. The van der Waals surface area contributed by atoms with Gasteiger partial charge in [-0.1, -0.05) is 158 Å². The first kappa shape index (κ1) is 40.7. The number of nitrogens with one attached hydrogen (secondary N) is 2. The molecule has 1 aliphatic heterocycles. The first-order valence-corrected chi connectivity index (χ1v) is 17.8. The molecule has 0 atom stereocenters. The van der Waals surface area contributed by atoms with Gasteiger partial charge in [0.1, 0.15) is 11.4 Å². The average molecular weight is 703 g/mol. The van der Waals surface area contributed by atoms with Crippen molar-refractivity contribution in [3.05, 3.63) is 203 Å². The number of ether oxygens (including phenoxy) is 1. The topological polar surface area (TPSA) is 64.2 Å². The molecule has 6 heteroatoms. The van der Waals surface area contributed by atoms with Gasteiger partial charge in [-0.05, 0) is 58.4 Å². The summed E-state index contributed by atoms with van der Waals surface area (Å²) in [4.78, 5) is 2.29. The summed E-state index contributed by atoms with van der Waals surface area (Å²) in [6.07, 6.45) is 2.56. The molecule has 0 unspecified atom stereocenters. The molecule has 1 fully saturated rings. The van der Waals surface area contributed by atoms with Crippen LogP contribution < -0.4 is 20.0 Å². The number of quaternary nitrogens is 2. The van der Waals surface area contributed by atoms with Crippen LogP contribution in [0.5, 0.6) is 0 Å². The van der Waals surface area contributed by atoms with Crippen LogP contribution in [-0.4, -0.2) is 64.5 Å². The van der Waals surface area contributed by atoms with Gasteiger partial charge >= 0.3 is 23.1 Å². The van der Waals surface area contributed by atoms with E-state index in [4.69, 9.17) is 4.74 Å². The van der Waals surface area contributed by atoms with Gasteiger partial charge in [0.15, 0.2) is 0 Å². The van der Waals surface area contributed by atoms with E-state index in [1.54, 1.807) is 0 Å². The largest absolute Gasteiger partial charge is 2.00 e. The van der Waals surface area contributed by atoms with Crippen molar-refractivity contribution in [1.82, 2.24) is 0 Å². The fraction of sp³-hybridized carbons (Fsp3) is 0.217. The molecule has 0 aromatic heterocycles. The van der Waals surface area contributed by atoms with Crippen molar-refractivity contribution < 1.29 is 24.7 Å². The van der Waals surface area contributed by atoms with Gasteiger partial charge in [-0.15, -0.1) is 0 Å². The molecule has 6 aromatic rings. The van der Waals surface area contributed by atoms with E-state index in [1.165, 1.54) is 12.8 Å². The zero-order valence-corrected chi connectivity index (χ0v) is 32.3. The molecule has 0 spiro atoms. The van der Waals surface area contributed by atoms with Gasteiger partial charge < -0.3 is 24.7 Å². The number of rotatable bonds is 8. The predicted octanol–water partition coefficient (Wildman–Crippen LogP) is 4.65. The maximum atomic E-state index is 14.2. The minimum atomic E-state index is -1.42. The number of benzene rings is 6. The van der Waals surface area contributed by atoms with Crippen LogP contribution in [0.2, 0.25) is 0 Å². The zero-order chi connectivity index (χ0) is 36.1. The maximum absolute atomic E-state index is 14.2. The van der Waals surface area contributed by atoms with Crippen molar-refractivity contribution in [2.45, 2.75) is 24.0 Å². The third-order valence-corrected chi connectivity index (χ3v) is 9.24. The van der Waals surface area contributed by atoms with E-state index in [2.05, 4.69) is 28.2 Å². The summed E-state index contributed by atoms with van der Waals surface area (Å²) in [6.45, 7) is 2.00. The van der Waals surface area contributed by atoms with Crippen molar-refractivity contribution in [1.29, 1.82) is 0 Å². The molecule has 6 aromatic carbocycles. The Kier molecular flexibility index (Phi) is 15.4. The standard InChI is InChI=1S/2C21H20NO.C4H8O.Mg/c2*1-22(2)20-16-10-9-15-19(20)21(23,17-11-5-3-6-12-17)18-13-7-4-8-14-18;1-2-4-5-3-1;/h2*3-16H,1-2H3;1-4H2;/q2*-1;;+2/p+2. The average Bonchev–Trinajstić information content (AvgIpc) is 3.80. The van der Waals surface area contributed by atoms with Gasteiger partial charge in [0.05, 0.1) is 28.2 Å². The summed E-state index contributed by atoms with van der Waals surface area (Å²) < 4.78 is 4.94. The van der Waals surface area contributed by atoms with Crippen LogP contribution in [0.15, 0.2) is 170 Å².